The third kappa shape index (κ3) is 4.24. The maximum Gasteiger partial charge on any atom is 0.241 e. The lowest BCUT2D eigenvalue weighted by Gasteiger charge is -2.16. The molecule has 0 spiro atoms. The van der Waals surface area contributed by atoms with E-state index < -0.39 is 10.0 Å². The van der Waals surface area contributed by atoms with E-state index in [0.717, 1.165) is 33.0 Å². The van der Waals surface area contributed by atoms with Gasteiger partial charge in [0.2, 0.25) is 10.0 Å². The second-order valence-electron chi connectivity index (χ2n) is 6.89. The van der Waals surface area contributed by atoms with Crippen molar-refractivity contribution in [2.45, 2.75) is 37.6 Å². The Morgan fingerprint density at radius 2 is 1.97 bits per heavy atom. The monoisotopic (exact) mass is 426 g/mol. The zero-order chi connectivity index (χ0) is 20.4. The summed E-state index contributed by atoms with van der Waals surface area (Å²) in [7, 11) is -3.59. The zero-order valence-corrected chi connectivity index (χ0v) is 17.8. The number of imidazole rings is 1. The fourth-order valence-electron chi connectivity index (χ4n) is 3.31. The first-order chi connectivity index (χ1) is 14.0. The Kier molecular flexibility index (Phi) is 5.49. The average molecular weight is 427 g/mol. The molecule has 1 unspecified atom stereocenters. The standard InChI is InChI=1S/C21H22N4O2S2/c1-3-17(20-5-4-12-28-20)25-29(26,27)16-8-6-15(7-9-16)13-19-21-18(10-11-22-19)23-14(2)24-21/h4-12,17,25H,3,13H2,1-2H3,(H,23,24). The Bertz CT molecular complexity index is 1210. The molecule has 0 aliphatic rings. The van der Waals surface area contributed by atoms with Crippen molar-refractivity contribution in [2.75, 3.05) is 0 Å². The predicted molar refractivity (Wildman–Crippen MR) is 116 cm³/mol. The molecule has 6 nitrogen and oxygen atoms in total. The molecule has 0 fully saturated rings. The van der Waals surface area contributed by atoms with Crippen molar-refractivity contribution in [2.24, 2.45) is 0 Å². The van der Waals surface area contributed by atoms with E-state index in [1.807, 2.05) is 49.6 Å². The Morgan fingerprint density at radius 1 is 1.17 bits per heavy atom. The van der Waals surface area contributed by atoms with Gasteiger partial charge in [0.05, 0.1) is 22.1 Å². The molecule has 0 aliphatic carbocycles. The van der Waals surface area contributed by atoms with E-state index in [1.165, 1.54) is 0 Å². The summed E-state index contributed by atoms with van der Waals surface area (Å²) >= 11 is 1.56. The summed E-state index contributed by atoms with van der Waals surface area (Å²) in [6, 6.07) is 12.5. The highest BCUT2D eigenvalue weighted by Gasteiger charge is 2.21. The summed E-state index contributed by atoms with van der Waals surface area (Å²) in [5.74, 6) is 0.845. The molecule has 150 valence electrons. The minimum Gasteiger partial charge on any atom is -0.342 e. The van der Waals surface area contributed by atoms with Crippen molar-refractivity contribution in [1.82, 2.24) is 19.7 Å². The number of nitrogens with one attached hydrogen (secondary N) is 2. The molecule has 4 rings (SSSR count). The summed E-state index contributed by atoms with van der Waals surface area (Å²) < 4.78 is 28.4. The van der Waals surface area contributed by atoms with Crippen LogP contribution in [0.1, 0.15) is 41.3 Å². The van der Waals surface area contributed by atoms with Gasteiger partial charge in [-0.15, -0.1) is 11.3 Å². The van der Waals surface area contributed by atoms with Gasteiger partial charge in [-0.05, 0) is 48.6 Å². The van der Waals surface area contributed by atoms with Gasteiger partial charge in [-0.2, -0.15) is 0 Å². The molecule has 29 heavy (non-hydrogen) atoms. The van der Waals surface area contributed by atoms with Crippen LogP contribution in [0.5, 0.6) is 0 Å². The summed E-state index contributed by atoms with van der Waals surface area (Å²) in [5.41, 5.74) is 3.65. The van der Waals surface area contributed by atoms with Crippen molar-refractivity contribution >= 4 is 32.4 Å². The number of aromatic nitrogens is 3. The van der Waals surface area contributed by atoms with Crippen molar-refractivity contribution in [3.63, 3.8) is 0 Å². The first-order valence-electron chi connectivity index (χ1n) is 9.41. The van der Waals surface area contributed by atoms with E-state index in [0.29, 0.717) is 12.8 Å². The number of aromatic amines is 1. The first kappa shape index (κ1) is 19.8. The Balaban J connectivity index is 1.54. The number of fused-ring (bicyclic) bond motifs is 1. The number of hydrogen-bond donors (Lipinski definition) is 2. The number of pyridine rings is 1. The van der Waals surface area contributed by atoms with Crippen LogP contribution in [0.25, 0.3) is 11.0 Å². The molecule has 0 saturated heterocycles. The Morgan fingerprint density at radius 3 is 2.66 bits per heavy atom. The highest BCUT2D eigenvalue weighted by atomic mass is 32.2. The molecule has 3 heterocycles. The van der Waals surface area contributed by atoms with Gasteiger partial charge in [-0.1, -0.05) is 25.1 Å². The molecule has 2 N–H and O–H groups in total. The van der Waals surface area contributed by atoms with Gasteiger partial charge in [0.15, 0.2) is 0 Å². The predicted octanol–water partition coefficient (Wildman–Crippen LogP) is 4.35. The van der Waals surface area contributed by atoms with E-state index in [2.05, 4.69) is 19.7 Å². The zero-order valence-electron chi connectivity index (χ0n) is 16.2. The number of nitrogens with zero attached hydrogens (tertiary/aromatic N) is 2. The number of sulfonamides is 1. The van der Waals surface area contributed by atoms with Gasteiger partial charge in [-0.3, -0.25) is 4.98 Å². The van der Waals surface area contributed by atoms with Crippen molar-refractivity contribution in [3.05, 3.63) is 76.0 Å². The van der Waals surface area contributed by atoms with Crippen LogP contribution < -0.4 is 4.72 Å². The number of hydrogen-bond acceptors (Lipinski definition) is 5. The highest BCUT2D eigenvalue weighted by Crippen LogP contribution is 2.25. The van der Waals surface area contributed by atoms with E-state index in [4.69, 9.17) is 0 Å². The highest BCUT2D eigenvalue weighted by molar-refractivity contribution is 7.89. The minimum absolute atomic E-state index is 0.218. The normalized spacial score (nSPS) is 13.0. The molecule has 4 aromatic rings. The summed E-state index contributed by atoms with van der Waals surface area (Å²) in [6.45, 7) is 3.89. The topological polar surface area (TPSA) is 87.7 Å². The second-order valence-corrected chi connectivity index (χ2v) is 9.59. The molecule has 0 saturated carbocycles. The molecule has 1 atom stereocenters. The minimum atomic E-state index is -3.59. The number of benzene rings is 1. The first-order valence-corrected chi connectivity index (χ1v) is 11.8. The average Bonchev–Trinajstić information content (AvgIpc) is 3.36. The van der Waals surface area contributed by atoms with Gasteiger partial charge < -0.3 is 4.98 Å². The van der Waals surface area contributed by atoms with Gasteiger partial charge in [-0.25, -0.2) is 18.1 Å². The summed E-state index contributed by atoms with van der Waals surface area (Å²) in [4.78, 5) is 13.5. The molecule has 0 bridgehead atoms. The van der Waals surface area contributed by atoms with Crippen molar-refractivity contribution in [1.29, 1.82) is 0 Å². The van der Waals surface area contributed by atoms with E-state index >= 15 is 0 Å². The lowest BCUT2D eigenvalue weighted by atomic mass is 10.1. The van der Waals surface area contributed by atoms with Gasteiger partial charge in [0.1, 0.15) is 11.3 Å². The van der Waals surface area contributed by atoms with Crippen LogP contribution in [-0.2, 0) is 16.4 Å². The number of aryl methyl sites for hydroxylation is 1. The SMILES string of the molecule is CCC(NS(=O)(=O)c1ccc(Cc2nccc3[nH]c(C)nc23)cc1)c1cccs1. The lowest BCUT2D eigenvalue weighted by molar-refractivity contribution is 0.553. The van der Waals surface area contributed by atoms with Gasteiger partial charge in [0, 0.05) is 17.5 Å². The van der Waals surface area contributed by atoms with Crippen molar-refractivity contribution < 1.29 is 8.42 Å². The van der Waals surface area contributed by atoms with Crippen LogP contribution in [0.15, 0.2) is 58.9 Å². The van der Waals surface area contributed by atoms with Crippen LogP contribution in [0.3, 0.4) is 0 Å². The molecular formula is C21H22N4O2S2. The van der Waals surface area contributed by atoms with E-state index in [-0.39, 0.29) is 10.9 Å². The van der Waals surface area contributed by atoms with E-state index in [9.17, 15) is 8.42 Å². The molecule has 0 radical (unpaired) electrons. The molecule has 0 aliphatic heterocycles. The number of H-pyrrole nitrogens is 1. The summed E-state index contributed by atoms with van der Waals surface area (Å²) in [6.07, 6.45) is 3.03. The number of rotatable bonds is 7. The van der Waals surface area contributed by atoms with Gasteiger partial charge in [0.25, 0.3) is 0 Å². The molecule has 8 heteroatoms. The molecule has 0 amide bonds. The maximum atomic E-state index is 12.8. The van der Waals surface area contributed by atoms with Crippen LogP contribution in [-0.4, -0.2) is 23.4 Å². The van der Waals surface area contributed by atoms with Crippen LogP contribution in [0.4, 0.5) is 0 Å². The number of thiophene rings is 1. The van der Waals surface area contributed by atoms with Crippen LogP contribution >= 0.6 is 11.3 Å². The second kappa shape index (κ2) is 8.06. The fourth-order valence-corrected chi connectivity index (χ4v) is 5.54. The molecule has 1 aromatic carbocycles. The molecule has 3 aromatic heterocycles. The van der Waals surface area contributed by atoms with Crippen LogP contribution in [0.2, 0.25) is 0 Å². The van der Waals surface area contributed by atoms with Crippen molar-refractivity contribution in [3.8, 4) is 0 Å². The third-order valence-corrected chi connectivity index (χ3v) is 7.27. The lowest BCUT2D eigenvalue weighted by Crippen LogP contribution is -2.27. The third-order valence-electron chi connectivity index (χ3n) is 4.79. The Hall–Kier alpha value is -2.55. The Labute approximate surface area is 174 Å². The fraction of sp³-hybridized carbons (Fsp3) is 0.238. The largest absolute Gasteiger partial charge is 0.342 e. The van der Waals surface area contributed by atoms with Crippen LogP contribution in [0, 0.1) is 6.92 Å². The van der Waals surface area contributed by atoms with Gasteiger partial charge >= 0.3 is 0 Å². The smallest absolute Gasteiger partial charge is 0.241 e. The maximum absolute atomic E-state index is 12.8. The molecular weight excluding hydrogens is 404 g/mol. The van der Waals surface area contributed by atoms with E-state index in [1.54, 1.807) is 29.7 Å². The quantitative estimate of drug-likeness (QED) is 0.460. The summed E-state index contributed by atoms with van der Waals surface area (Å²) in [5, 5.41) is 1.95.